The van der Waals surface area contributed by atoms with Crippen molar-refractivity contribution in [3.05, 3.63) is 46.3 Å². The summed E-state index contributed by atoms with van der Waals surface area (Å²) in [5, 5.41) is 4.18. The van der Waals surface area contributed by atoms with Gasteiger partial charge >= 0.3 is 0 Å². The van der Waals surface area contributed by atoms with Crippen molar-refractivity contribution in [2.24, 2.45) is 5.92 Å². The summed E-state index contributed by atoms with van der Waals surface area (Å²) in [6, 6.07) is 4.15. The van der Waals surface area contributed by atoms with Crippen LogP contribution >= 0.6 is 11.6 Å². The second-order valence-corrected chi connectivity index (χ2v) is 5.70. The zero-order valence-electron chi connectivity index (χ0n) is 12.1. The normalized spacial score (nSPS) is 12.7. The molecule has 0 N–H and O–H groups in total. The summed E-state index contributed by atoms with van der Waals surface area (Å²) in [5.74, 6) is -0.00897. The molecule has 6 heteroatoms. The minimum absolute atomic E-state index is 0.0139. The molecule has 0 saturated heterocycles. The Bertz CT molecular complexity index is 655. The van der Waals surface area contributed by atoms with E-state index in [9.17, 15) is 9.18 Å². The van der Waals surface area contributed by atoms with E-state index in [1.165, 1.54) is 19.1 Å². The van der Waals surface area contributed by atoms with E-state index in [-0.39, 0.29) is 11.7 Å². The fraction of sp³-hybridized carbons (Fsp3) is 0.400. The van der Waals surface area contributed by atoms with Gasteiger partial charge in [0.2, 0.25) is 5.89 Å². The molecule has 21 heavy (non-hydrogen) atoms. The molecule has 0 radical (unpaired) electrons. The zero-order chi connectivity index (χ0) is 15.6. The molecular formula is C15H16ClFN2O2. The van der Waals surface area contributed by atoms with E-state index in [1.807, 2.05) is 13.8 Å². The number of ketones is 1. The third kappa shape index (κ3) is 3.67. The zero-order valence-corrected chi connectivity index (χ0v) is 12.8. The topological polar surface area (TPSA) is 56.0 Å². The summed E-state index contributed by atoms with van der Waals surface area (Å²) in [5.41, 5.74) is 0.703. The molecule has 2 aromatic rings. The molecule has 1 unspecified atom stereocenters. The number of aromatic nitrogens is 2. The van der Waals surface area contributed by atoms with Gasteiger partial charge in [-0.1, -0.05) is 36.7 Å². The highest BCUT2D eigenvalue weighted by atomic mass is 35.5. The average molecular weight is 311 g/mol. The molecule has 1 aromatic carbocycles. The van der Waals surface area contributed by atoms with Gasteiger partial charge in [-0.25, -0.2) is 4.39 Å². The van der Waals surface area contributed by atoms with Crippen LogP contribution in [0, 0.1) is 11.7 Å². The standard InChI is InChI=1S/C15H16ClFN2O2/c1-8(2)14(9(3)20)15-18-13(19-21-15)6-10-4-5-11(17)7-12(10)16/h4-5,7-8,14H,6H2,1-3H3. The first kappa shape index (κ1) is 15.6. The lowest BCUT2D eigenvalue weighted by atomic mass is 9.92. The Morgan fingerprint density at radius 3 is 2.71 bits per heavy atom. The van der Waals surface area contributed by atoms with Gasteiger partial charge in [0.05, 0.1) is 5.92 Å². The van der Waals surface area contributed by atoms with E-state index in [0.717, 1.165) is 0 Å². The van der Waals surface area contributed by atoms with Gasteiger partial charge in [0, 0.05) is 11.4 Å². The molecule has 0 aliphatic heterocycles. The highest BCUT2D eigenvalue weighted by molar-refractivity contribution is 6.31. The molecule has 2 rings (SSSR count). The van der Waals surface area contributed by atoms with Crippen LogP contribution in [0.25, 0.3) is 0 Å². The highest BCUT2D eigenvalue weighted by Crippen LogP contribution is 2.25. The molecule has 0 fully saturated rings. The van der Waals surface area contributed by atoms with Crippen molar-refractivity contribution in [3.8, 4) is 0 Å². The van der Waals surface area contributed by atoms with Crippen molar-refractivity contribution in [1.82, 2.24) is 10.1 Å². The second kappa shape index (κ2) is 6.35. The average Bonchev–Trinajstić information content (AvgIpc) is 2.80. The van der Waals surface area contributed by atoms with Crippen molar-refractivity contribution in [2.45, 2.75) is 33.1 Å². The van der Waals surface area contributed by atoms with Crippen molar-refractivity contribution < 1.29 is 13.7 Å². The van der Waals surface area contributed by atoms with Crippen LogP contribution < -0.4 is 0 Å². The lowest BCUT2D eigenvalue weighted by Crippen LogP contribution is -2.15. The predicted octanol–water partition coefficient (Wildman–Crippen LogP) is 3.78. The molecule has 0 spiro atoms. The first-order chi connectivity index (χ1) is 9.88. The summed E-state index contributed by atoms with van der Waals surface area (Å²) in [7, 11) is 0. The van der Waals surface area contributed by atoms with Gasteiger partial charge in [-0.15, -0.1) is 0 Å². The molecule has 0 amide bonds. The molecule has 1 atom stereocenters. The quantitative estimate of drug-likeness (QED) is 0.843. The van der Waals surface area contributed by atoms with Crippen molar-refractivity contribution in [3.63, 3.8) is 0 Å². The molecular weight excluding hydrogens is 295 g/mol. The molecule has 0 aliphatic carbocycles. The van der Waals surface area contributed by atoms with Crippen LogP contribution in [-0.2, 0) is 11.2 Å². The van der Waals surface area contributed by atoms with Crippen LogP contribution in [0.15, 0.2) is 22.7 Å². The molecule has 1 heterocycles. The Morgan fingerprint density at radius 1 is 1.43 bits per heavy atom. The maximum Gasteiger partial charge on any atom is 0.237 e. The number of benzene rings is 1. The van der Waals surface area contributed by atoms with Gasteiger partial charge in [-0.2, -0.15) is 4.98 Å². The monoisotopic (exact) mass is 310 g/mol. The van der Waals surface area contributed by atoms with Crippen LogP contribution in [-0.4, -0.2) is 15.9 Å². The van der Waals surface area contributed by atoms with Gasteiger partial charge in [-0.3, -0.25) is 4.79 Å². The molecule has 1 aromatic heterocycles. The van der Waals surface area contributed by atoms with E-state index in [4.69, 9.17) is 16.1 Å². The van der Waals surface area contributed by atoms with Gasteiger partial charge in [0.15, 0.2) is 5.82 Å². The minimum atomic E-state index is -0.407. The summed E-state index contributed by atoms with van der Waals surface area (Å²) in [4.78, 5) is 15.9. The third-order valence-corrected chi connectivity index (χ3v) is 3.57. The summed E-state index contributed by atoms with van der Waals surface area (Å²) in [6.45, 7) is 5.35. The second-order valence-electron chi connectivity index (χ2n) is 5.29. The van der Waals surface area contributed by atoms with Crippen LogP contribution in [0.4, 0.5) is 4.39 Å². The van der Waals surface area contributed by atoms with E-state index in [2.05, 4.69) is 10.1 Å². The van der Waals surface area contributed by atoms with Gasteiger partial charge in [0.1, 0.15) is 11.6 Å². The number of Topliss-reactive ketones (excluding diaryl/α,β-unsaturated/α-hetero) is 1. The SMILES string of the molecule is CC(=O)C(c1nc(Cc2ccc(F)cc2Cl)no1)C(C)C. The smallest absolute Gasteiger partial charge is 0.237 e. The lowest BCUT2D eigenvalue weighted by molar-refractivity contribution is -0.119. The van der Waals surface area contributed by atoms with Gasteiger partial charge in [-0.05, 0) is 30.5 Å². The molecule has 112 valence electrons. The number of carbonyl (C=O) groups excluding carboxylic acids is 1. The molecule has 0 saturated carbocycles. The Morgan fingerprint density at radius 2 is 2.14 bits per heavy atom. The molecule has 0 aliphatic rings. The molecule has 0 bridgehead atoms. The van der Waals surface area contributed by atoms with E-state index >= 15 is 0 Å². The third-order valence-electron chi connectivity index (χ3n) is 3.22. The van der Waals surface area contributed by atoms with Crippen LogP contribution in [0.5, 0.6) is 0 Å². The molecule has 4 nitrogen and oxygen atoms in total. The number of rotatable bonds is 5. The maximum atomic E-state index is 13.0. The van der Waals surface area contributed by atoms with E-state index in [0.29, 0.717) is 28.7 Å². The Kier molecular flexibility index (Phi) is 4.73. The number of halogens is 2. The maximum absolute atomic E-state index is 13.0. The van der Waals surface area contributed by atoms with E-state index in [1.54, 1.807) is 6.07 Å². The first-order valence-electron chi connectivity index (χ1n) is 6.65. The van der Waals surface area contributed by atoms with Gasteiger partial charge in [0.25, 0.3) is 0 Å². The van der Waals surface area contributed by atoms with Crippen LogP contribution in [0.2, 0.25) is 5.02 Å². The van der Waals surface area contributed by atoms with Crippen molar-refractivity contribution in [1.29, 1.82) is 0 Å². The first-order valence-corrected chi connectivity index (χ1v) is 7.03. The largest absolute Gasteiger partial charge is 0.339 e. The fourth-order valence-corrected chi connectivity index (χ4v) is 2.46. The number of carbonyl (C=O) groups is 1. The van der Waals surface area contributed by atoms with Gasteiger partial charge < -0.3 is 4.52 Å². The number of hydrogen-bond donors (Lipinski definition) is 0. The summed E-state index contributed by atoms with van der Waals surface area (Å²) < 4.78 is 18.2. The number of nitrogens with zero attached hydrogens (tertiary/aromatic N) is 2. The van der Waals surface area contributed by atoms with Crippen molar-refractivity contribution in [2.75, 3.05) is 0 Å². The number of hydrogen-bond acceptors (Lipinski definition) is 4. The Hall–Kier alpha value is -1.75. The van der Waals surface area contributed by atoms with Crippen LogP contribution in [0.1, 0.15) is 44.0 Å². The highest BCUT2D eigenvalue weighted by Gasteiger charge is 2.26. The lowest BCUT2D eigenvalue weighted by Gasteiger charge is -2.12. The van der Waals surface area contributed by atoms with Crippen LogP contribution in [0.3, 0.4) is 0 Å². The van der Waals surface area contributed by atoms with E-state index < -0.39 is 11.7 Å². The predicted molar refractivity (Wildman–Crippen MR) is 76.8 cm³/mol. The van der Waals surface area contributed by atoms with Crippen molar-refractivity contribution >= 4 is 17.4 Å². The minimum Gasteiger partial charge on any atom is -0.339 e. The summed E-state index contributed by atoms with van der Waals surface area (Å²) >= 11 is 5.97. The Labute approximate surface area is 127 Å². The fourth-order valence-electron chi connectivity index (χ4n) is 2.23. The Balaban J connectivity index is 2.22. The summed E-state index contributed by atoms with van der Waals surface area (Å²) in [6.07, 6.45) is 0.325.